The molecule has 3 heteroatoms. The molecule has 1 nitrogen and oxygen atoms in total. The van der Waals surface area contributed by atoms with Crippen LogP contribution in [-0.4, -0.2) is 6.61 Å². The summed E-state index contributed by atoms with van der Waals surface area (Å²) in [6, 6.07) is 4.36. The maximum absolute atomic E-state index is 12.7. The van der Waals surface area contributed by atoms with Crippen molar-refractivity contribution < 1.29 is 9.13 Å². The molecular formula is C10H12ClFO. The van der Waals surface area contributed by atoms with E-state index in [1.54, 1.807) is 6.07 Å². The van der Waals surface area contributed by atoms with Gasteiger partial charge in [0.1, 0.15) is 11.6 Å². The molecule has 0 aliphatic rings. The number of halogens is 2. The van der Waals surface area contributed by atoms with Crippen molar-refractivity contribution in [3.8, 4) is 5.75 Å². The zero-order valence-electron chi connectivity index (χ0n) is 7.68. The monoisotopic (exact) mass is 202 g/mol. The highest BCUT2D eigenvalue weighted by molar-refractivity contribution is 6.30. The van der Waals surface area contributed by atoms with E-state index in [0.717, 1.165) is 0 Å². The molecule has 13 heavy (non-hydrogen) atoms. The molecule has 0 radical (unpaired) electrons. The first-order chi connectivity index (χ1) is 6.09. The largest absolute Gasteiger partial charge is 0.493 e. The van der Waals surface area contributed by atoms with Gasteiger partial charge in [-0.25, -0.2) is 4.39 Å². The van der Waals surface area contributed by atoms with Gasteiger partial charge in [-0.1, -0.05) is 25.4 Å². The van der Waals surface area contributed by atoms with Crippen molar-refractivity contribution in [2.24, 2.45) is 5.92 Å². The Labute approximate surface area is 82.5 Å². The van der Waals surface area contributed by atoms with Crippen molar-refractivity contribution in [3.05, 3.63) is 29.0 Å². The number of benzene rings is 1. The quantitative estimate of drug-likeness (QED) is 0.729. The number of ether oxygens (including phenoxy) is 1. The second-order valence-electron chi connectivity index (χ2n) is 3.28. The van der Waals surface area contributed by atoms with E-state index in [9.17, 15) is 4.39 Å². The highest BCUT2D eigenvalue weighted by Crippen LogP contribution is 2.21. The summed E-state index contributed by atoms with van der Waals surface area (Å²) in [7, 11) is 0. The molecule has 0 saturated heterocycles. The van der Waals surface area contributed by atoms with Gasteiger partial charge >= 0.3 is 0 Å². The first-order valence-electron chi connectivity index (χ1n) is 4.17. The lowest BCUT2D eigenvalue weighted by atomic mass is 10.2. The summed E-state index contributed by atoms with van der Waals surface area (Å²) in [5.41, 5.74) is 0. The molecule has 0 bridgehead atoms. The summed E-state index contributed by atoms with van der Waals surface area (Å²) in [6.45, 7) is 4.71. The van der Waals surface area contributed by atoms with Crippen LogP contribution in [-0.2, 0) is 0 Å². The molecule has 0 saturated carbocycles. The topological polar surface area (TPSA) is 9.23 Å². The molecule has 0 N–H and O–H groups in total. The molecule has 0 aliphatic heterocycles. The van der Waals surface area contributed by atoms with Gasteiger partial charge in [-0.15, -0.1) is 0 Å². The Morgan fingerprint density at radius 3 is 2.69 bits per heavy atom. The Bertz CT molecular complexity index is 286. The van der Waals surface area contributed by atoms with Crippen LogP contribution in [0.1, 0.15) is 13.8 Å². The van der Waals surface area contributed by atoms with E-state index in [1.165, 1.54) is 12.1 Å². The maximum Gasteiger partial charge on any atom is 0.142 e. The average Bonchev–Trinajstić information content (AvgIpc) is 2.07. The van der Waals surface area contributed by atoms with Crippen molar-refractivity contribution >= 4 is 11.6 Å². The van der Waals surface area contributed by atoms with Crippen LogP contribution in [0.5, 0.6) is 5.75 Å². The summed E-state index contributed by atoms with van der Waals surface area (Å²) < 4.78 is 18.1. The van der Waals surface area contributed by atoms with Crippen molar-refractivity contribution in [2.75, 3.05) is 6.61 Å². The minimum atomic E-state index is -0.418. The Kier molecular flexibility index (Phi) is 3.55. The summed E-state index contributed by atoms with van der Waals surface area (Å²) in [6.07, 6.45) is 0. The second kappa shape index (κ2) is 4.47. The van der Waals surface area contributed by atoms with Crippen LogP contribution < -0.4 is 4.74 Å². The lowest BCUT2D eigenvalue weighted by molar-refractivity contribution is 0.271. The fourth-order valence-corrected chi connectivity index (χ4v) is 1.00. The molecule has 1 aromatic carbocycles. The third kappa shape index (κ3) is 3.23. The fourth-order valence-electron chi connectivity index (χ4n) is 0.830. The van der Waals surface area contributed by atoms with Gasteiger partial charge in [0.15, 0.2) is 0 Å². The number of rotatable bonds is 3. The highest BCUT2D eigenvalue weighted by atomic mass is 35.5. The van der Waals surface area contributed by atoms with Gasteiger partial charge in [-0.05, 0) is 18.1 Å². The second-order valence-corrected chi connectivity index (χ2v) is 3.69. The van der Waals surface area contributed by atoms with Crippen LogP contribution in [0, 0.1) is 11.7 Å². The molecule has 0 aliphatic carbocycles. The zero-order valence-corrected chi connectivity index (χ0v) is 8.44. The van der Waals surface area contributed by atoms with Crippen molar-refractivity contribution in [2.45, 2.75) is 13.8 Å². The fraction of sp³-hybridized carbons (Fsp3) is 0.400. The molecule has 0 amide bonds. The lowest BCUT2D eigenvalue weighted by Crippen LogP contribution is -2.04. The summed E-state index contributed by atoms with van der Waals surface area (Å²) >= 11 is 5.57. The van der Waals surface area contributed by atoms with Crippen LogP contribution in [0.2, 0.25) is 5.02 Å². The first-order valence-corrected chi connectivity index (χ1v) is 4.55. The average molecular weight is 203 g/mol. The molecule has 0 fully saturated rings. The first kappa shape index (κ1) is 10.3. The number of hydrogen-bond donors (Lipinski definition) is 0. The van der Waals surface area contributed by atoms with E-state index < -0.39 is 5.82 Å². The van der Waals surface area contributed by atoms with Crippen molar-refractivity contribution in [1.29, 1.82) is 0 Å². The van der Waals surface area contributed by atoms with E-state index in [4.69, 9.17) is 16.3 Å². The van der Waals surface area contributed by atoms with E-state index in [0.29, 0.717) is 18.3 Å². The standard InChI is InChI=1S/C10H12ClFO/c1-7(2)6-13-8-3-4-10(12)9(11)5-8/h3-5,7H,6H2,1-2H3. The minimum Gasteiger partial charge on any atom is -0.493 e. The molecule has 0 atom stereocenters. The molecule has 72 valence electrons. The predicted octanol–water partition coefficient (Wildman–Crippen LogP) is 3.51. The van der Waals surface area contributed by atoms with Crippen LogP contribution in [0.15, 0.2) is 18.2 Å². The molecule has 0 spiro atoms. The predicted molar refractivity (Wildman–Crippen MR) is 51.7 cm³/mol. The van der Waals surface area contributed by atoms with Gasteiger partial charge in [0.2, 0.25) is 0 Å². The van der Waals surface area contributed by atoms with Crippen LogP contribution in [0.3, 0.4) is 0 Å². The smallest absolute Gasteiger partial charge is 0.142 e. The van der Waals surface area contributed by atoms with Crippen LogP contribution >= 0.6 is 11.6 Å². The third-order valence-electron chi connectivity index (χ3n) is 1.47. The van der Waals surface area contributed by atoms with Gasteiger partial charge in [-0.3, -0.25) is 0 Å². The summed E-state index contributed by atoms with van der Waals surface area (Å²) in [5.74, 6) is 0.641. The van der Waals surface area contributed by atoms with E-state index >= 15 is 0 Å². The lowest BCUT2D eigenvalue weighted by Gasteiger charge is -2.08. The molecule has 0 aromatic heterocycles. The number of hydrogen-bond acceptors (Lipinski definition) is 1. The van der Waals surface area contributed by atoms with E-state index in [2.05, 4.69) is 0 Å². The minimum absolute atomic E-state index is 0.0984. The maximum atomic E-state index is 12.7. The Morgan fingerprint density at radius 1 is 1.46 bits per heavy atom. The normalized spacial score (nSPS) is 10.5. The molecular weight excluding hydrogens is 191 g/mol. The highest BCUT2D eigenvalue weighted by Gasteiger charge is 2.02. The van der Waals surface area contributed by atoms with Crippen molar-refractivity contribution in [1.82, 2.24) is 0 Å². The van der Waals surface area contributed by atoms with Crippen LogP contribution in [0.25, 0.3) is 0 Å². The van der Waals surface area contributed by atoms with E-state index in [1.807, 2.05) is 13.8 Å². The van der Waals surface area contributed by atoms with Gasteiger partial charge < -0.3 is 4.74 Å². The van der Waals surface area contributed by atoms with Gasteiger partial charge in [0.25, 0.3) is 0 Å². The molecule has 0 heterocycles. The van der Waals surface area contributed by atoms with E-state index in [-0.39, 0.29) is 5.02 Å². The molecule has 0 unspecified atom stereocenters. The summed E-state index contributed by atoms with van der Waals surface area (Å²) in [5, 5.41) is 0.0984. The Hall–Kier alpha value is -0.760. The Balaban J connectivity index is 2.63. The molecule has 1 aromatic rings. The summed E-state index contributed by atoms with van der Waals surface area (Å²) in [4.78, 5) is 0. The SMILES string of the molecule is CC(C)COc1ccc(F)c(Cl)c1. The molecule has 1 rings (SSSR count). The van der Waals surface area contributed by atoms with Gasteiger partial charge in [-0.2, -0.15) is 0 Å². The third-order valence-corrected chi connectivity index (χ3v) is 1.76. The Morgan fingerprint density at radius 2 is 2.15 bits per heavy atom. The van der Waals surface area contributed by atoms with Crippen LogP contribution in [0.4, 0.5) is 4.39 Å². The van der Waals surface area contributed by atoms with Gasteiger partial charge in [0.05, 0.1) is 11.6 Å². The zero-order chi connectivity index (χ0) is 9.84. The van der Waals surface area contributed by atoms with Crippen molar-refractivity contribution in [3.63, 3.8) is 0 Å². The van der Waals surface area contributed by atoms with Gasteiger partial charge in [0, 0.05) is 6.07 Å².